The maximum absolute atomic E-state index is 12.0. The van der Waals surface area contributed by atoms with Gasteiger partial charge in [-0.25, -0.2) is 0 Å². The van der Waals surface area contributed by atoms with Gasteiger partial charge in [0.2, 0.25) is 0 Å². The number of nitrogens with one attached hydrogen (secondary N) is 1. The fourth-order valence-electron chi connectivity index (χ4n) is 1.47. The molecule has 0 bridgehead atoms. The number of benzene rings is 1. The molecule has 0 aliphatic heterocycles. The van der Waals surface area contributed by atoms with E-state index in [9.17, 15) is 4.79 Å². The van der Waals surface area contributed by atoms with E-state index in [1.54, 1.807) is 18.2 Å². The van der Waals surface area contributed by atoms with Crippen molar-refractivity contribution in [1.29, 1.82) is 0 Å². The van der Waals surface area contributed by atoms with Crippen LogP contribution >= 0.6 is 27.7 Å². The monoisotopic (exact) mass is 330 g/mol. The van der Waals surface area contributed by atoms with Crippen LogP contribution in [-0.4, -0.2) is 23.5 Å². The molecule has 1 amide bonds. The minimum Gasteiger partial charge on any atom is -0.398 e. The summed E-state index contributed by atoms with van der Waals surface area (Å²) in [5, 5.41) is 2.98. The van der Waals surface area contributed by atoms with Crippen LogP contribution in [0.3, 0.4) is 0 Å². The predicted octanol–water partition coefficient (Wildman–Crippen LogP) is 3.29. The number of amides is 1. The molecule has 0 spiro atoms. The Balaban J connectivity index is 2.51. The highest BCUT2D eigenvalue weighted by molar-refractivity contribution is 9.10. The Labute approximate surface area is 121 Å². The van der Waals surface area contributed by atoms with Gasteiger partial charge in [-0.05, 0) is 59.0 Å². The van der Waals surface area contributed by atoms with Crippen molar-refractivity contribution in [3.8, 4) is 0 Å². The van der Waals surface area contributed by atoms with Gasteiger partial charge in [-0.15, -0.1) is 0 Å². The quantitative estimate of drug-likeness (QED) is 0.621. The molecule has 3 N–H and O–H groups in total. The number of nitrogen functional groups attached to an aromatic ring is 1. The molecule has 100 valence electrons. The van der Waals surface area contributed by atoms with Gasteiger partial charge in [0.1, 0.15) is 0 Å². The van der Waals surface area contributed by atoms with E-state index < -0.39 is 0 Å². The van der Waals surface area contributed by atoms with Gasteiger partial charge in [0.25, 0.3) is 5.91 Å². The topological polar surface area (TPSA) is 55.1 Å². The first-order valence-corrected chi connectivity index (χ1v) is 7.93. The molecule has 0 aliphatic carbocycles. The summed E-state index contributed by atoms with van der Waals surface area (Å²) in [5.41, 5.74) is 6.94. The molecule has 5 heteroatoms. The number of anilines is 1. The molecule has 0 aromatic heterocycles. The zero-order chi connectivity index (χ0) is 13.5. The van der Waals surface area contributed by atoms with Gasteiger partial charge < -0.3 is 11.1 Å². The molecular formula is C13H19BrN2OS. The number of rotatable bonds is 6. The molecule has 0 saturated heterocycles. The standard InChI is InChI=1S/C13H19BrN2OS/c1-3-18-7-6-9(2)16-13(17)10-4-5-11(14)12(15)8-10/h4-5,8-9H,3,6-7,15H2,1-2H3,(H,16,17). The van der Waals surface area contributed by atoms with E-state index in [0.717, 1.165) is 22.4 Å². The maximum Gasteiger partial charge on any atom is 0.251 e. The molecule has 1 aromatic carbocycles. The summed E-state index contributed by atoms with van der Waals surface area (Å²) in [6.07, 6.45) is 0.982. The van der Waals surface area contributed by atoms with E-state index in [2.05, 4.69) is 28.2 Å². The summed E-state index contributed by atoms with van der Waals surface area (Å²) in [4.78, 5) is 12.0. The summed E-state index contributed by atoms with van der Waals surface area (Å²) >= 11 is 5.20. The Bertz CT molecular complexity index is 412. The van der Waals surface area contributed by atoms with Crippen LogP contribution in [0.4, 0.5) is 5.69 Å². The minimum absolute atomic E-state index is 0.0665. The first-order valence-electron chi connectivity index (χ1n) is 5.98. The molecule has 0 aliphatic rings. The van der Waals surface area contributed by atoms with Crippen LogP contribution in [0.1, 0.15) is 30.6 Å². The van der Waals surface area contributed by atoms with Crippen molar-refractivity contribution in [2.45, 2.75) is 26.3 Å². The van der Waals surface area contributed by atoms with Gasteiger partial charge >= 0.3 is 0 Å². The zero-order valence-corrected chi connectivity index (χ0v) is 13.1. The minimum atomic E-state index is -0.0665. The average Bonchev–Trinajstić information content (AvgIpc) is 2.33. The summed E-state index contributed by atoms with van der Waals surface area (Å²) in [6, 6.07) is 5.43. The highest BCUT2D eigenvalue weighted by Gasteiger charge is 2.10. The van der Waals surface area contributed by atoms with Crippen molar-refractivity contribution >= 4 is 39.3 Å². The second-order valence-electron chi connectivity index (χ2n) is 4.10. The second-order valence-corrected chi connectivity index (χ2v) is 6.34. The van der Waals surface area contributed by atoms with E-state index in [-0.39, 0.29) is 11.9 Å². The van der Waals surface area contributed by atoms with E-state index in [1.807, 2.05) is 18.7 Å². The van der Waals surface area contributed by atoms with Crippen LogP contribution in [0.2, 0.25) is 0 Å². The second kappa shape index (κ2) is 7.69. The molecule has 1 unspecified atom stereocenters. The van der Waals surface area contributed by atoms with E-state index >= 15 is 0 Å². The highest BCUT2D eigenvalue weighted by atomic mass is 79.9. The Morgan fingerprint density at radius 2 is 2.28 bits per heavy atom. The Kier molecular flexibility index (Phi) is 6.57. The van der Waals surface area contributed by atoms with Gasteiger partial charge in [0.15, 0.2) is 0 Å². The maximum atomic E-state index is 12.0. The van der Waals surface area contributed by atoms with Gasteiger partial charge in [-0.2, -0.15) is 11.8 Å². The molecular weight excluding hydrogens is 312 g/mol. The summed E-state index contributed by atoms with van der Waals surface area (Å²) in [6.45, 7) is 4.16. The number of nitrogens with two attached hydrogens (primary N) is 1. The molecule has 0 radical (unpaired) electrons. The molecule has 18 heavy (non-hydrogen) atoms. The smallest absolute Gasteiger partial charge is 0.251 e. The van der Waals surface area contributed by atoms with Crippen molar-refractivity contribution in [3.63, 3.8) is 0 Å². The highest BCUT2D eigenvalue weighted by Crippen LogP contribution is 2.20. The SMILES string of the molecule is CCSCCC(C)NC(=O)c1ccc(Br)c(N)c1. The van der Waals surface area contributed by atoms with Crippen LogP contribution < -0.4 is 11.1 Å². The molecule has 1 aromatic rings. The van der Waals surface area contributed by atoms with Crippen LogP contribution in [0.15, 0.2) is 22.7 Å². The first kappa shape index (κ1) is 15.4. The third-order valence-electron chi connectivity index (χ3n) is 2.54. The average molecular weight is 331 g/mol. The Morgan fingerprint density at radius 1 is 1.56 bits per heavy atom. The van der Waals surface area contributed by atoms with Gasteiger partial charge in [-0.3, -0.25) is 4.79 Å². The third kappa shape index (κ3) is 4.90. The summed E-state index contributed by atoms with van der Waals surface area (Å²) in [7, 11) is 0. The lowest BCUT2D eigenvalue weighted by Crippen LogP contribution is -2.33. The lowest BCUT2D eigenvalue weighted by atomic mass is 10.1. The number of carbonyl (C=O) groups excluding carboxylic acids is 1. The van der Waals surface area contributed by atoms with Crippen molar-refractivity contribution in [1.82, 2.24) is 5.32 Å². The number of carbonyl (C=O) groups is 1. The summed E-state index contributed by atoms with van der Waals surface area (Å²) < 4.78 is 0.812. The fourth-order valence-corrected chi connectivity index (χ4v) is 2.52. The normalized spacial score (nSPS) is 12.2. The van der Waals surface area contributed by atoms with Crippen LogP contribution in [0, 0.1) is 0 Å². The largest absolute Gasteiger partial charge is 0.398 e. The number of hydrogen-bond donors (Lipinski definition) is 2. The van der Waals surface area contributed by atoms with Gasteiger partial charge in [0, 0.05) is 21.8 Å². The van der Waals surface area contributed by atoms with Crippen molar-refractivity contribution in [3.05, 3.63) is 28.2 Å². The van der Waals surface area contributed by atoms with Crippen LogP contribution in [0.25, 0.3) is 0 Å². The molecule has 1 atom stereocenters. The van der Waals surface area contributed by atoms with E-state index in [0.29, 0.717) is 11.3 Å². The predicted molar refractivity (Wildman–Crippen MR) is 83.1 cm³/mol. The molecule has 0 heterocycles. The molecule has 1 rings (SSSR count). The van der Waals surface area contributed by atoms with Crippen molar-refractivity contribution in [2.75, 3.05) is 17.2 Å². The molecule has 3 nitrogen and oxygen atoms in total. The zero-order valence-electron chi connectivity index (χ0n) is 10.7. The number of halogens is 1. The lowest BCUT2D eigenvalue weighted by Gasteiger charge is -2.13. The lowest BCUT2D eigenvalue weighted by molar-refractivity contribution is 0.0939. The van der Waals surface area contributed by atoms with Gasteiger partial charge in [0.05, 0.1) is 0 Å². The first-order chi connectivity index (χ1) is 8.54. The van der Waals surface area contributed by atoms with Crippen LogP contribution in [0.5, 0.6) is 0 Å². The van der Waals surface area contributed by atoms with Crippen LogP contribution in [-0.2, 0) is 0 Å². The molecule has 0 saturated carbocycles. The van der Waals surface area contributed by atoms with E-state index in [4.69, 9.17) is 5.73 Å². The number of hydrogen-bond acceptors (Lipinski definition) is 3. The number of thioether (sulfide) groups is 1. The van der Waals surface area contributed by atoms with Gasteiger partial charge in [-0.1, -0.05) is 6.92 Å². The Hall–Kier alpha value is -0.680. The van der Waals surface area contributed by atoms with Crippen molar-refractivity contribution < 1.29 is 4.79 Å². The van der Waals surface area contributed by atoms with E-state index in [1.165, 1.54) is 0 Å². The third-order valence-corrected chi connectivity index (χ3v) is 4.19. The summed E-state index contributed by atoms with van der Waals surface area (Å²) in [5.74, 6) is 2.12. The fraction of sp³-hybridized carbons (Fsp3) is 0.462. The molecule has 0 fully saturated rings. The van der Waals surface area contributed by atoms with Crippen molar-refractivity contribution in [2.24, 2.45) is 0 Å². The Morgan fingerprint density at radius 3 is 2.89 bits per heavy atom.